The van der Waals surface area contributed by atoms with Crippen molar-refractivity contribution >= 4 is 27.2 Å². The maximum atomic E-state index is 6.13. The number of thiazole rings is 1. The molecule has 0 bridgehead atoms. The minimum absolute atomic E-state index is 0.827. The Kier molecular flexibility index (Phi) is 2.56. The fourth-order valence-corrected chi connectivity index (χ4v) is 3.01. The van der Waals surface area contributed by atoms with E-state index in [1.807, 2.05) is 25.1 Å². The monoisotopic (exact) mass is 254 g/mol. The Balaban J connectivity index is 2.22. The van der Waals surface area contributed by atoms with E-state index < -0.39 is 0 Å². The lowest BCUT2D eigenvalue weighted by Gasteiger charge is -2.04. The lowest BCUT2D eigenvalue weighted by molar-refractivity contribution is 1.42. The Bertz CT molecular complexity index is 728. The molecule has 0 unspecified atom stereocenters. The summed E-state index contributed by atoms with van der Waals surface area (Å²) in [7, 11) is 0. The van der Waals surface area contributed by atoms with Gasteiger partial charge in [0.05, 0.1) is 10.2 Å². The van der Waals surface area contributed by atoms with E-state index in [9.17, 15) is 0 Å². The van der Waals surface area contributed by atoms with Gasteiger partial charge < -0.3 is 5.73 Å². The first-order chi connectivity index (χ1) is 8.65. The van der Waals surface area contributed by atoms with Crippen molar-refractivity contribution in [1.29, 1.82) is 0 Å². The van der Waals surface area contributed by atoms with Crippen LogP contribution in [0.25, 0.3) is 20.8 Å². The summed E-state index contributed by atoms with van der Waals surface area (Å²) < 4.78 is 1.21. The predicted octanol–water partition coefficient (Wildman–Crippen LogP) is 4.16. The zero-order chi connectivity index (χ0) is 12.7. The minimum Gasteiger partial charge on any atom is -0.398 e. The predicted molar refractivity (Wildman–Crippen MR) is 78.9 cm³/mol. The Morgan fingerprint density at radius 1 is 1.11 bits per heavy atom. The fourth-order valence-electron chi connectivity index (χ4n) is 2.02. The number of aromatic nitrogens is 1. The number of hydrogen-bond acceptors (Lipinski definition) is 3. The van der Waals surface area contributed by atoms with E-state index >= 15 is 0 Å². The van der Waals surface area contributed by atoms with Gasteiger partial charge in [-0.3, -0.25) is 0 Å². The van der Waals surface area contributed by atoms with E-state index in [2.05, 4.69) is 30.1 Å². The van der Waals surface area contributed by atoms with Crippen molar-refractivity contribution < 1.29 is 0 Å². The molecule has 0 aliphatic carbocycles. The van der Waals surface area contributed by atoms with Gasteiger partial charge in [-0.15, -0.1) is 11.3 Å². The van der Waals surface area contributed by atoms with Crippen LogP contribution in [-0.2, 0) is 0 Å². The maximum Gasteiger partial charge on any atom is 0.126 e. The second kappa shape index (κ2) is 4.10. The van der Waals surface area contributed by atoms with E-state index in [4.69, 9.17) is 5.73 Å². The van der Waals surface area contributed by atoms with Gasteiger partial charge in [0, 0.05) is 11.3 Å². The molecule has 0 fully saturated rings. The quantitative estimate of drug-likeness (QED) is 0.662. The molecule has 0 atom stereocenters. The van der Waals surface area contributed by atoms with E-state index in [1.165, 1.54) is 10.3 Å². The van der Waals surface area contributed by atoms with Crippen LogP contribution in [0, 0.1) is 13.8 Å². The number of aryl methyl sites for hydroxylation is 2. The fraction of sp³-hybridized carbons (Fsp3) is 0.133. The summed E-state index contributed by atoms with van der Waals surface area (Å²) in [6, 6.07) is 12.4. The summed E-state index contributed by atoms with van der Waals surface area (Å²) in [5, 5.41) is 0.997. The summed E-state index contributed by atoms with van der Waals surface area (Å²) in [6.45, 7) is 4.11. The van der Waals surface area contributed by atoms with Gasteiger partial charge in [-0.1, -0.05) is 18.2 Å². The average molecular weight is 254 g/mol. The zero-order valence-electron chi connectivity index (χ0n) is 10.4. The lowest BCUT2D eigenvalue weighted by Crippen LogP contribution is -1.92. The molecule has 0 amide bonds. The lowest BCUT2D eigenvalue weighted by atomic mass is 10.1. The molecule has 2 N–H and O–H groups in total. The highest BCUT2D eigenvalue weighted by atomic mass is 32.1. The molecule has 2 aromatic carbocycles. The van der Waals surface area contributed by atoms with Gasteiger partial charge >= 0.3 is 0 Å². The van der Waals surface area contributed by atoms with Gasteiger partial charge in [0.2, 0.25) is 0 Å². The first-order valence-corrected chi connectivity index (χ1v) is 6.69. The summed E-state index contributed by atoms with van der Waals surface area (Å²) >= 11 is 1.69. The third kappa shape index (κ3) is 1.77. The number of nitrogens with zero attached hydrogens (tertiary/aromatic N) is 1. The number of fused-ring (bicyclic) bond motifs is 1. The van der Waals surface area contributed by atoms with Gasteiger partial charge in [0.25, 0.3) is 0 Å². The Morgan fingerprint density at radius 2 is 1.94 bits per heavy atom. The van der Waals surface area contributed by atoms with E-state index in [0.717, 1.165) is 27.3 Å². The third-order valence-electron chi connectivity index (χ3n) is 3.10. The highest BCUT2D eigenvalue weighted by Crippen LogP contribution is 2.34. The standard InChI is InChI=1S/C15H14N2S/c1-9-6-7-13-12(8-9)17-15(18-13)11-5-3-4-10(2)14(11)16/h3-8H,16H2,1-2H3. The molecule has 18 heavy (non-hydrogen) atoms. The molecule has 3 heteroatoms. The molecular weight excluding hydrogens is 240 g/mol. The molecule has 2 nitrogen and oxygen atoms in total. The smallest absolute Gasteiger partial charge is 0.126 e. The number of benzene rings is 2. The highest BCUT2D eigenvalue weighted by molar-refractivity contribution is 7.21. The molecule has 0 saturated carbocycles. The van der Waals surface area contributed by atoms with Crippen molar-refractivity contribution in [2.24, 2.45) is 0 Å². The molecular formula is C15H14N2S. The number of hydrogen-bond donors (Lipinski definition) is 1. The van der Waals surface area contributed by atoms with E-state index in [-0.39, 0.29) is 0 Å². The van der Waals surface area contributed by atoms with Crippen molar-refractivity contribution in [3.8, 4) is 10.6 Å². The molecule has 0 saturated heterocycles. The van der Waals surface area contributed by atoms with Crippen molar-refractivity contribution in [2.45, 2.75) is 13.8 Å². The van der Waals surface area contributed by atoms with Gasteiger partial charge in [0.1, 0.15) is 5.01 Å². The van der Waals surface area contributed by atoms with Gasteiger partial charge in [-0.2, -0.15) is 0 Å². The van der Waals surface area contributed by atoms with E-state index in [1.54, 1.807) is 11.3 Å². The van der Waals surface area contributed by atoms with E-state index in [0.29, 0.717) is 0 Å². The van der Waals surface area contributed by atoms with Crippen molar-refractivity contribution in [3.05, 3.63) is 47.5 Å². The van der Waals surface area contributed by atoms with Crippen LogP contribution in [-0.4, -0.2) is 4.98 Å². The van der Waals surface area contributed by atoms with Crippen LogP contribution >= 0.6 is 11.3 Å². The van der Waals surface area contributed by atoms with Gasteiger partial charge in [-0.05, 0) is 43.2 Å². The van der Waals surface area contributed by atoms with Gasteiger partial charge in [-0.25, -0.2) is 4.98 Å². The summed E-state index contributed by atoms with van der Waals surface area (Å²) in [5.41, 5.74) is 11.4. The molecule has 3 rings (SSSR count). The van der Waals surface area contributed by atoms with Crippen LogP contribution < -0.4 is 5.73 Å². The number of anilines is 1. The van der Waals surface area contributed by atoms with Crippen LogP contribution in [0.15, 0.2) is 36.4 Å². The molecule has 0 spiro atoms. The Hall–Kier alpha value is -1.87. The molecule has 0 aliphatic heterocycles. The number of rotatable bonds is 1. The van der Waals surface area contributed by atoms with Crippen molar-refractivity contribution in [2.75, 3.05) is 5.73 Å². The maximum absolute atomic E-state index is 6.13. The van der Waals surface area contributed by atoms with Crippen LogP contribution in [0.3, 0.4) is 0 Å². The number of para-hydroxylation sites is 1. The third-order valence-corrected chi connectivity index (χ3v) is 4.17. The first-order valence-electron chi connectivity index (χ1n) is 5.88. The van der Waals surface area contributed by atoms with Crippen LogP contribution in [0.1, 0.15) is 11.1 Å². The molecule has 1 aromatic heterocycles. The Labute approximate surface area is 110 Å². The summed E-state index contributed by atoms with van der Waals surface area (Å²) in [5.74, 6) is 0. The molecule has 0 radical (unpaired) electrons. The average Bonchev–Trinajstić information content (AvgIpc) is 2.75. The van der Waals surface area contributed by atoms with Crippen LogP contribution in [0.4, 0.5) is 5.69 Å². The first kappa shape index (κ1) is 11.2. The summed E-state index contributed by atoms with van der Waals surface area (Å²) in [6.07, 6.45) is 0. The highest BCUT2D eigenvalue weighted by Gasteiger charge is 2.10. The molecule has 1 heterocycles. The van der Waals surface area contributed by atoms with Crippen LogP contribution in [0.2, 0.25) is 0 Å². The number of nitrogens with two attached hydrogens (primary N) is 1. The Morgan fingerprint density at radius 3 is 2.78 bits per heavy atom. The normalized spacial score (nSPS) is 11.0. The van der Waals surface area contributed by atoms with Crippen molar-refractivity contribution in [3.63, 3.8) is 0 Å². The molecule has 90 valence electrons. The van der Waals surface area contributed by atoms with Crippen molar-refractivity contribution in [1.82, 2.24) is 4.98 Å². The molecule has 0 aliphatic rings. The van der Waals surface area contributed by atoms with Crippen LogP contribution in [0.5, 0.6) is 0 Å². The second-order valence-electron chi connectivity index (χ2n) is 4.53. The van der Waals surface area contributed by atoms with Gasteiger partial charge in [0.15, 0.2) is 0 Å². The minimum atomic E-state index is 0.827. The molecule has 3 aromatic rings. The SMILES string of the molecule is Cc1ccc2sc(-c3cccc(C)c3N)nc2c1. The summed E-state index contributed by atoms with van der Waals surface area (Å²) in [4.78, 5) is 4.68. The second-order valence-corrected chi connectivity index (χ2v) is 5.56. The number of nitrogen functional groups attached to an aromatic ring is 1. The topological polar surface area (TPSA) is 38.9 Å². The largest absolute Gasteiger partial charge is 0.398 e. The zero-order valence-corrected chi connectivity index (χ0v) is 11.2.